The van der Waals surface area contributed by atoms with Crippen molar-refractivity contribution in [2.45, 2.75) is 0 Å². The van der Waals surface area contributed by atoms with Crippen LogP contribution < -0.4 is 4.90 Å². The van der Waals surface area contributed by atoms with Crippen LogP contribution in [0.4, 0.5) is 17.1 Å². The average Bonchev–Trinajstić information content (AvgIpc) is 3.87. The maximum atomic E-state index is 6.60. The number of aromatic nitrogens is 1. The molecule has 0 spiro atoms. The minimum absolute atomic E-state index is 0.571. The summed E-state index contributed by atoms with van der Waals surface area (Å²) in [5, 5.41) is 8.73. The highest BCUT2D eigenvalue weighted by atomic mass is 16.4. The Morgan fingerprint density at radius 3 is 2.02 bits per heavy atom. The highest BCUT2D eigenvalue weighted by Crippen LogP contribution is 2.45. The number of para-hydroxylation sites is 2. The van der Waals surface area contributed by atoms with Gasteiger partial charge in [0.15, 0.2) is 11.2 Å². The van der Waals surface area contributed by atoms with Gasteiger partial charge in [-0.15, -0.1) is 0 Å². The highest BCUT2D eigenvalue weighted by molar-refractivity contribution is 6.14. The van der Waals surface area contributed by atoms with Crippen LogP contribution in [0.5, 0.6) is 0 Å². The molecule has 5 nitrogen and oxygen atoms in total. The molecular weight excluding hydrogens is 617 g/mol. The van der Waals surface area contributed by atoms with Crippen LogP contribution in [0.15, 0.2) is 171 Å². The van der Waals surface area contributed by atoms with Crippen LogP contribution in [-0.4, -0.2) is 4.98 Å². The summed E-state index contributed by atoms with van der Waals surface area (Å²) in [7, 11) is 0. The molecule has 234 valence electrons. The van der Waals surface area contributed by atoms with Gasteiger partial charge in [0.2, 0.25) is 5.89 Å². The first-order valence-electron chi connectivity index (χ1n) is 16.7. The van der Waals surface area contributed by atoms with Gasteiger partial charge in [0, 0.05) is 38.9 Å². The minimum Gasteiger partial charge on any atom is -0.456 e. The number of furan rings is 2. The van der Waals surface area contributed by atoms with Crippen molar-refractivity contribution in [2.24, 2.45) is 0 Å². The predicted octanol–water partition coefficient (Wildman–Crippen LogP) is 13.1. The van der Waals surface area contributed by atoms with E-state index in [9.17, 15) is 0 Å². The molecule has 0 fully saturated rings. The summed E-state index contributed by atoms with van der Waals surface area (Å²) in [6, 6.07) is 54.5. The van der Waals surface area contributed by atoms with Gasteiger partial charge in [-0.1, -0.05) is 91.0 Å². The van der Waals surface area contributed by atoms with Crippen molar-refractivity contribution in [3.63, 3.8) is 0 Å². The second kappa shape index (κ2) is 10.3. The van der Waals surface area contributed by atoms with E-state index in [1.807, 2.05) is 36.4 Å². The van der Waals surface area contributed by atoms with E-state index in [4.69, 9.17) is 18.2 Å². The maximum absolute atomic E-state index is 6.60. The van der Waals surface area contributed by atoms with Gasteiger partial charge in [0.05, 0.1) is 11.4 Å². The molecule has 0 unspecified atom stereocenters. The quantitative estimate of drug-likeness (QED) is 0.191. The first-order chi connectivity index (χ1) is 24.7. The van der Waals surface area contributed by atoms with Gasteiger partial charge in [0.25, 0.3) is 0 Å². The number of oxazole rings is 1. The third-order valence-electron chi connectivity index (χ3n) is 9.84. The van der Waals surface area contributed by atoms with Crippen LogP contribution in [0.3, 0.4) is 0 Å². The molecule has 50 heavy (non-hydrogen) atoms. The normalized spacial score (nSPS) is 12.0. The van der Waals surface area contributed by atoms with E-state index in [-0.39, 0.29) is 0 Å². The summed E-state index contributed by atoms with van der Waals surface area (Å²) in [6.07, 6.45) is 0. The van der Waals surface area contributed by atoms with E-state index in [2.05, 4.69) is 126 Å². The van der Waals surface area contributed by atoms with Crippen molar-refractivity contribution in [2.75, 3.05) is 4.90 Å². The lowest BCUT2D eigenvalue weighted by Gasteiger charge is -2.26. The molecule has 0 aliphatic carbocycles. The van der Waals surface area contributed by atoms with Crippen LogP contribution in [0, 0.1) is 0 Å². The molecule has 11 rings (SSSR count). The topological polar surface area (TPSA) is 55.6 Å². The Kier molecular flexibility index (Phi) is 5.60. The average molecular weight is 643 g/mol. The SMILES string of the molecule is c1ccc2cc(N(c3ccc4c(c3)oc3cccc(-c5nc6cc7ccccc7cc6o5)c34)c3cccc4c3oc3ccccc34)ccc2c1. The molecule has 3 heterocycles. The van der Waals surface area contributed by atoms with Crippen LogP contribution >= 0.6 is 0 Å². The van der Waals surface area contributed by atoms with Crippen LogP contribution in [0.25, 0.3) is 88.0 Å². The molecule has 11 aromatic rings. The summed E-state index contributed by atoms with van der Waals surface area (Å²) in [5.41, 5.74) is 8.65. The number of rotatable bonds is 4. The molecule has 5 heteroatoms. The Morgan fingerprint density at radius 1 is 0.420 bits per heavy atom. The lowest BCUT2D eigenvalue weighted by molar-refractivity contribution is 0.620. The van der Waals surface area contributed by atoms with E-state index in [1.54, 1.807) is 0 Å². The predicted molar refractivity (Wildman–Crippen MR) is 204 cm³/mol. The van der Waals surface area contributed by atoms with E-state index in [0.29, 0.717) is 5.89 Å². The number of fused-ring (bicyclic) bond motifs is 9. The number of hydrogen-bond donors (Lipinski definition) is 0. The van der Waals surface area contributed by atoms with Crippen molar-refractivity contribution in [3.8, 4) is 11.5 Å². The minimum atomic E-state index is 0.571. The standard InChI is InChI=1S/C45H26N2O3/c1-2-10-28-23-31(20-19-27(28)9-1)47(38-16-7-14-34-33-13-5-6-17-39(33)49-44(34)38)32-21-22-35-41(26-32)48-40-18-8-15-36(43(35)40)45-46-37-24-29-11-3-4-12-30(29)25-42(37)50-45/h1-26H. The fourth-order valence-corrected chi connectivity index (χ4v) is 7.51. The van der Waals surface area contributed by atoms with E-state index in [0.717, 1.165) is 93.8 Å². The van der Waals surface area contributed by atoms with E-state index >= 15 is 0 Å². The molecule has 0 atom stereocenters. The molecule has 0 radical (unpaired) electrons. The van der Waals surface area contributed by atoms with Gasteiger partial charge in [0.1, 0.15) is 22.3 Å². The van der Waals surface area contributed by atoms with Gasteiger partial charge in [-0.3, -0.25) is 0 Å². The monoisotopic (exact) mass is 642 g/mol. The molecule has 0 aliphatic heterocycles. The zero-order chi connectivity index (χ0) is 32.8. The lowest BCUT2D eigenvalue weighted by atomic mass is 10.0. The summed E-state index contributed by atoms with van der Waals surface area (Å²) in [6.45, 7) is 0. The molecule has 0 saturated heterocycles. The maximum Gasteiger partial charge on any atom is 0.228 e. The Hall–Kier alpha value is -6.85. The van der Waals surface area contributed by atoms with E-state index < -0.39 is 0 Å². The fourth-order valence-electron chi connectivity index (χ4n) is 7.51. The number of benzene rings is 8. The van der Waals surface area contributed by atoms with Gasteiger partial charge in [-0.2, -0.15) is 0 Å². The third kappa shape index (κ3) is 4.04. The van der Waals surface area contributed by atoms with Crippen molar-refractivity contribution in [1.82, 2.24) is 4.98 Å². The van der Waals surface area contributed by atoms with Crippen molar-refractivity contribution < 1.29 is 13.3 Å². The Bertz CT molecular complexity index is 3080. The molecule has 8 aromatic carbocycles. The molecular formula is C45H26N2O3. The van der Waals surface area contributed by atoms with Gasteiger partial charge < -0.3 is 18.2 Å². The summed E-state index contributed by atoms with van der Waals surface area (Å²) in [5.74, 6) is 0.571. The second-order valence-corrected chi connectivity index (χ2v) is 12.8. The summed E-state index contributed by atoms with van der Waals surface area (Å²) in [4.78, 5) is 7.20. The molecule has 0 aliphatic rings. The van der Waals surface area contributed by atoms with Crippen molar-refractivity contribution in [3.05, 3.63) is 158 Å². The zero-order valence-electron chi connectivity index (χ0n) is 26.6. The smallest absolute Gasteiger partial charge is 0.228 e. The van der Waals surface area contributed by atoms with Crippen LogP contribution in [0.2, 0.25) is 0 Å². The lowest BCUT2D eigenvalue weighted by Crippen LogP contribution is -2.10. The number of nitrogens with zero attached hydrogens (tertiary/aromatic N) is 2. The molecule has 0 saturated carbocycles. The van der Waals surface area contributed by atoms with Gasteiger partial charge in [-0.05, 0) is 82.2 Å². The second-order valence-electron chi connectivity index (χ2n) is 12.8. The van der Waals surface area contributed by atoms with Crippen molar-refractivity contribution in [1.29, 1.82) is 0 Å². The fraction of sp³-hybridized carbons (Fsp3) is 0. The number of hydrogen-bond acceptors (Lipinski definition) is 5. The van der Waals surface area contributed by atoms with Crippen LogP contribution in [0.1, 0.15) is 0 Å². The Balaban J connectivity index is 1.12. The Morgan fingerprint density at radius 2 is 1.12 bits per heavy atom. The first kappa shape index (κ1) is 27.1. The van der Waals surface area contributed by atoms with Crippen molar-refractivity contribution >= 4 is 93.6 Å². The first-order valence-corrected chi connectivity index (χ1v) is 16.7. The summed E-state index contributed by atoms with van der Waals surface area (Å²) >= 11 is 0. The van der Waals surface area contributed by atoms with Gasteiger partial charge in [-0.25, -0.2) is 4.98 Å². The largest absolute Gasteiger partial charge is 0.456 e. The zero-order valence-corrected chi connectivity index (χ0v) is 26.6. The van der Waals surface area contributed by atoms with Gasteiger partial charge >= 0.3 is 0 Å². The third-order valence-corrected chi connectivity index (χ3v) is 9.84. The Labute approximate surface area is 285 Å². The molecule has 0 bridgehead atoms. The van der Waals surface area contributed by atoms with Crippen LogP contribution in [-0.2, 0) is 0 Å². The molecule has 0 amide bonds. The number of anilines is 3. The molecule has 0 N–H and O–H groups in total. The van der Waals surface area contributed by atoms with E-state index in [1.165, 1.54) is 5.39 Å². The highest BCUT2D eigenvalue weighted by Gasteiger charge is 2.22. The summed E-state index contributed by atoms with van der Waals surface area (Å²) < 4.78 is 19.6. The molecule has 3 aromatic heterocycles.